The average molecular weight is 166 g/mol. The second-order valence-electron chi connectivity index (χ2n) is 3.80. The molecule has 1 heteroatoms. The first-order valence-electron chi connectivity index (χ1n) is 4.52. The summed E-state index contributed by atoms with van der Waals surface area (Å²) in [6.07, 6.45) is 5.29. The Bertz CT molecular complexity index is 199. The highest BCUT2D eigenvalue weighted by Gasteiger charge is 2.47. The van der Waals surface area contributed by atoms with Gasteiger partial charge < -0.3 is 4.74 Å². The van der Waals surface area contributed by atoms with E-state index in [0.717, 1.165) is 13.0 Å². The van der Waals surface area contributed by atoms with E-state index in [4.69, 9.17) is 4.74 Å². The van der Waals surface area contributed by atoms with E-state index in [1.165, 1.54) is 5.57 Å². The molecular formula is C11H18O. The Kier molecular flexibility index (Phi) is 2.73. The van der Waals surface area contributed by atoms with E-state index >= 15 is 0 Å². The summed E-state index contributed by atoms with van der Waals surface area (Å²) in [6, 6.07) is 0. The maximum Gasteiger partial charge on any atom is 0.101 e. The Hall–Kier alpha value is -0.560. The minimum absolute atomic E-state index is 0.0956. The van der Waals surface area contributed by atoms with Crippen LogP contribution in [-0.2, 0) is 4.74 Å². The number of rotatable bonds is 4. The molecule has 1 fully saturated rings. The van der Waals surface area contributed by atoms with Crippen molar-refractivity contribution < 1.29 is 4.74 Å². The Morgan fingerprint density at radius 3 is 2.67 bits per heavy atom. The van der Waals surface area contributed by atoms with E-state index in [0.29, 0.717) is 5.92 Å². The monoisotopic (exact) mass is 166 g/mol. The molecular weight excluding hydrogens is 148 g/mol. The Labute approximate surface area is 75.1 Å². The van der Waals surface area contributed by atoms with Gasteiger partial charge in [0, 0.05) is 5.92 Å². The molecule has 2 atom stereocenters. The van der Waals surface area contributed by atoms with Crippen LogP contribution in [0.2, 0.25) is 0 Å². The minimum Gasteiger partial charge on any atom is -0.369 e. The van der Waals surface area contributed by atoms with Gasteiger partial charge in [-0.05, 0) is 20.3 Å². The molecule has 0 aromatic heterocycles. The zero-order valence-electron chi connectivity index (χ0n) is 8.26. The molecule has 0 bridgehead atoms. The Morgan fingerprint density at radius 2 is 2.33 bits per heavy atom. The molecule has 0 unspecified atom stereocenters. The second-order valence-corrected chi connectivity index (χ2v) is 3.80. The van der Waals surface area contributed by atoms with Crippen LogP contribution in [-0.4, -0.2) is 12.2 Å². The highest BCUT2D eigenvalue weighted by atomic mass is 16.6. The number of ether oxygens (including phenoxy) is 1. The van der Waals surface area contributed by atoms with Crippen LogP contribution in [0.25, 0.3) is 0 Å². The molecule has 12 heavy (non-hydrogen) atoms. The molecule has 0 aromatic carbocycles. The van der Waals surface area contributed by atoms with Gasteiger partial charge in [-0.15, -0.1) is 6.58 Å². The molecule has 1 aliphatic heterocycles. The number of hydrogen-bond donors (Lipinski definition) is 0. The first-order valence-corrected chi connectivity index (χ1v) is 4.52. The number of hydrogen-bond acceptors (Lipinski definition) is 1. The van der Waals surface area contributed by atoms with E-state index in [9.17, 15) is 0 Å². The lowest BCUT2D eigenvalue weighted by atomic mass is 9.89. The van der Waals surface area contributed by atoms with Gasteiger partial charge in [0.1, 0.15) is 5.60 Å². The van der Waals surface area contributed by atoms with Crippen molar-refractivity contribution in [1.29, 1.82) is 0 Å². The molecule has 0 aromatic rings. The second kappa shape index (κ2) is 3.44. The average Bonchev–Trinajstić information content (AvgIpc) is 2.69. The minimum atomic E-state index is 0.0956. The van der Waals surface area contributed by atoms with Gasteiger partial charge in [-0.3, -0.25) is 0 Å². The fourth-order valence-corrected chi connectivity index (χ4v) is 1.59. The van der Waals surface area contributed by atoms with E-state index in [-0.39, 0.29) is 5.60 Å². The van der Waals surface area contributed by atoms with Crippen LogP contribution in [0, 0.1) is 5.92 Å². The molecule has 0 saturated carbocycles. The molecule has 1 heterocycles. The SMILES string of the molecule is C=C(C)C[C@]1([C@H](C)/C=C/C)CO1. The van der Waals surface area contributed by atoms with Crippen molar-refractivity contribution in [2.45, 2.75) is 32.8 Å². The van der Waals surface area contributed by atoms with Gasteiger partial charge in [0.15, 0.2) is 0 Å². The van der Waals surface area contributed by atoms with Crippen molar-refractivity contribution >= 4 is 0 Å². The largest absolute Gasteiger partial charge is 0.369 e. The van der Waals surface area contributed by atoms with Gasteiger partial charge in [-0.25, -0.2) is 0 Å². The van der Waals surface area contributed by atoms with E-state index < -0.39 is 0 Å². The Morgan fingerprint density at radius 1 is 1.75 bits per heavy atom. The predicted octanol–water partition coefficient (Wildman–Crippen LogP) is 2.93. The van der Waals surface area contributed by atoms with Crippen LogP contribution >= 0.6 is 0 Å². The van der Waals surface area contributed by atoms with Gasteiger partial charge >= 0.3 is 0 Å². The number of epoxide rings is 1. The molecule has 1 aliphatic rings. The maximum absolute atomic E-state index is 5.51. The summed E-state index contributed by atoms with van der Waals surface area (Å²) in [5.41, 5.74) is 1.31. The summed E-state index contributed by atoms with van der Waals surface area (Å²) in [5, 5.41) is 0. The van der Waals surface area contributed by atoms with Gasteiger partial charge in [0.2, 0.25) is 0 Å². The van der Waals surface area contributed by atoms with E-state index in [1.807, 2.05) is 6.92 Å². The molecule has 0 aliphatic carbocycles. The predicted molar refractivity (Wildman–Crippen MR) is 52.1 cm³/mol. The maximum atomic E-state index is 5.51. The first kappa shape index (κ1) is 9.53. The van der Waals surface area contributed by atoms with Crippen molar-refractivity contribution in [3.8, 4) is 0 Å². The van der Waals surface area contributed by atoms with Crippen LogP contribution in [0.4, 0.5) is 0 Å². The molecule has 1 saturated heterocycles. The van der Waals surface area contributed by atoms with Crippen LogP contribution in [0.5, 0.6) is 0 Å². The molecule has 1 rings (SSSR count). The van der Waals surface area contributed by atoms with Gasteiger partial charge in [-0.1, -0.05) is 24.6 Å². The zero-order chi connectivity index (χ0) is 9.19. The summed E-state index contributed by atoms with van der Waals surface area (Å²) in [7, 11) is 0. The topological polar surface area (TPSA) is 12.5 Å². The summed E-state index contributed by atoms with van der Waals surface area (Å²) < 4.78 is 5.51. The van der Waals surface area contributed by atoms with Crippen molar-refractivity contribution in [3.05, 3.63) is 24.3 Å². The first-order chi connectivity index (χ1) is 5.60. The molecule has 0 amide bonds. The fourth-order valence-electron chi connectivity index (χ4n) is 1.59. The lowest BCUT2D eigenvalue weighted by Crippen LogP contribution is -2.20. The van der Waals surface area contributed by atoms with Crippen molar-refractivity contribution in [2.24, 2.45) is 5.92 Å². The van der Waals surface area contributed by atoms with E-state index in [2.05, 4.69) is 32.6 Å². The third kappa shape index (κ3) is 1.98. The highest BCUT2D eigenvalue weighted by molar-refractivity contribution is 5.11. The molecule has 0 N–H and O–H groups in total. The van der Waals surface area contributed by atoms with Crippen molar-refractivity contribution in [2.75, 3.05) is 6.61 Å². The Balaban J connectivity index is 2.53. The van der Waals surface area contributed by atoms with Gasteiger partial charge in [0.05, 0.1) is 6.61 Å². The zero-order valence-corrected chi connectivity index (χ0v) is 8.26. The fraction of sp³-hybridized carbons (Fsp3) is 0.636. The van der Waals surface area contributed by atoms with Gasteiger partial charge in [-0.2, -0.15) is 0 Å². The smallest absolute Gasteiger partial charge is 0.101 e. The van der Waals surface area contributed by atoms with Crippen LogP contribution in [0.3, 0.4) is 0 Å². The molecule has 68 valence electrons. The summed E-state index contributed by atoms with van der Waals surface area (Å²) >= 11 is 0. The highest BCUT2D eigenvalue weighted by Crippen LogP contribution is 2.41. The van der Waals surface area contributed by atoms with Crippen molar-refractivity contribution in [1.82, 2.24) is 0 Å². The summed E-state index contributed by atoms with van der Waals surface area (Å²) in [4.78, 5) is 0. The summed E-state index contributed by atoms with van der Waals surface area (Å²) in [6.45, 7) is 11.1. The normalized spacial score (nSPS) is 30.6. The van der Waals surface area contributed by atoms with Crippen molar-refractivity contribution in [3.63, 3.8) is 0 Å². The molecule has 0 spiro atoms. The lowest BCUT2D eigenvalue weighted by molar-refractivity contribution is 0.254. The van der Waals surface area contributed by atoms with Crippen LogP contribution in [0.1, 0.15) is 27.2 Å². The third-order valence-corrected chi connectivity index (χ3v) is 2.43. The quantitative estimate of drug-likeness (QED) is 0.462. The molecule has 1 nitrogen and oxygen atoms in total. The van der Waals surface area contributed by atoms with Gasteiger partial charge in [0.25, 0.3) is 0 Å². The standard InChI is InChI=1S/C11H18O/c1-5-6-10(4)11(8-12-11)7-9(2)3/h5-6,10H,2,7-8H2,1,3-4H3/b6-5+/t10-,11-/m1/s1. The lowest BCUT2D eigenvalue weighted by Gasteiger charge is -2.16. The number of allylic oxidation sites excluding steroid dienone is 1. The molecule has 0 radical (unpaired) electrons. The third-order valence-electron chi connectivity index (χ3n) is 2.43. The van der Waals surface area contributed by atoms with Crippen LogP contribution in [0.15, 0.2) is 24.3 Å². The van der Waals surface area contributed by atoms with Crippen LogP contribution < -0.4 is 0 Å². The summed E-state index contributed by atoms with van der Waals surface area (Å²) in [5.74, 6) is 0.513. The van der Waals surface area contributed by atoms with E-state index in [1.54, 1.807) is 0 Å².